The van der Waals surface area contributed by atoms with Crippen LogP contribution >= 0.6 is 11.8 Å². The van der Waals surface area contributed by atoms with E-state index in [0.717, 1.165) is 25.6 Å². The van der Waals surface area contributed by atoms with E-state index in [1.165, 1.54) is 30.9 Å². The smallest absolute Gasteiger partial charge is 0.191 e. The molecule has 2 aliphatic heterocycles. The van der Waals surface area contributed by atoms with Gasteiger partial charge in [0, 0.05) is 51.1 Å². The summed E-state index contributed by atoms with van der Waals surface area (Å²) in [5, 5.41) is 7.06. The van der Waals surface area contributed by atoms with Crippen LogP contribution in [0, 0.1) is 0 Å². The predicted molar refractivity (Wildman–Crippen MR) is 88.8 cm³/mol. The third-order valence-corrected chi connectivity index (χ3v) is 5.43. The molecular formula is C14H29N5S. The number of piperazine rings is 1. The Morgan fingerprint density at radius 3 is 2.90 bits per heavy atom. The first-order chi connectivity index (χ1) is 9.69. The van der Waals surface area contributed by atoms with Crippen molar-refractivity contribution in [3.8, 4) is 0 Å². The number of rotatable bonds is 3. The van der Waals surface area contributed by atoms with Crippen LogP contribution in [0.5, 0.6) is 0 Å². The van der Waals surface area contributed by atoms with Gasteiger partial charge in [0.15, 0.2) is 5.96 Å². The summed E-state index contributed by atoms with van der Waals surface area (Å²) in [6, 6.07) is 1.14. The molecule has 0 aromatic rings. The van der Waals surface area contributed by atoms with Gasteiger partial charge in [-0.3, -0.25) is 9.89 Å². The first kappa shape index (κ1) is 15.9. The van der Waals surface area contributed by atoms with E-state index in [4.69, 9.17) is 0 Å². The second kappa shape index (κ2) is 8.10. The lowest BCUT2D eigenvalue weighted by atomic mass is 10.2. The Morgan fingerprint density at radius 2 is 2.20 bits per heavy atom. The van der Waals surface area contributed by atoms with Crippen molar-refractivity contribution in [1.29, 1.82) is 0 Å². The maximum atomic E-state index is 4.36. The summed E-state index contributed by atoms with van der Waals surface area (Å²) in [4.78, 5) is 9.21. The van der Waals surface area contributed by atoms with Gasteiger partial charge in [0.1, 0.15) is 0 Å². The van der Waals surface area contributed by atoms with Crippen LogP contribution in [0.3, 0.4) is 0 Å². The van der Waals surface area contributed by atoms with Gasteiger partial charge in [0.2, 0.25) is 0 Å². The number of likely N-dealkylation sites (N-methyl/N-ethyl adjacent to an activating group) is 2. The van der Waals surface area contributed by atoms with E-state index in [1.54, 1.807) is 0 Å². The molecule has 0 aliphatic carbocycles. The topological polar surface area (TPSA) is 42.9 Å². The molecule has 5 nitrogen and oxygen atoms in total. The fourth-order valence-electron chi connectivity index (χ4n) is 2.78. The molecular weight excluding hydrogens is 270 g/mol. The highest BCUT2D eigenvalue weighted by molar-refractivity contribution is 7.99. The number of nitrogens with zero attached hydrogens (tertiary/aromatic N) is 3. The maximum Gasteiger partial charge on any atom is 0.191 e. The van der Waals surface area contributed by atoms with Gasteiger partial charge < -0.3 is 15.5 Å². The molecule has 2 atom stereocenters. The number of nitrogens with one attached hydrogen (secondary N) is 2. The Bertz CT molecular complexity index is 317. The molecule has 2 fully saturated rings. The van der Waals surface area contributed by atoms with Gasteiger partial charge in [-0.15, -0.1) is 0 Å². The second-order valence-electron chi connectivity index (χ2n) is 5.91. The molecule has 2 unspecified atom stereocenters. The highest BCUT2D eigenvalue weighted by Gasteiger charge is 2.22. The standard InChI is InChI=1S/C14H29N5S/c1-15-14(17-12-5-4-8-20-11-12)16-9-13-10-18(2)6-7-19(13)3/h12-13H,4-11H2,1-3H3,(H2,15,16,17). The van der Waals surface area contributed by atoms with E-state index in [9.17, 15) is 0 Å². The van der Waals surface area contributed by atoms with Crippen molar-refractivity contribution in [2.24, 2.45) is 4.99 Å². The Balaban J connectivity index is 1.75. The zero-order chi connectivity index (χ0) is 14.4. The lowest BCUT2D eigenvalue weighted by Crippen LogP contribution is -2.56. The molecule has 0 radical (unpaired) electrons. The van der Waals surface area contributed by atoms with Crippen LogP contribution in [0.25, 0.3) is 0 Å². The minimum absolute atomic E-state index is 0.563. The molecule has 116 valence electrons. The third kappa shape index (κ3) is 4.82. The number of hydrogen-bond acceptors (Lipinski definition) is 4. The van der Waals surface area contributed by atoms with Gasteiger partial charge in [0.05, 0.1) is 0 Å². The molecule has 0 saturated carbocycles. The summed E-state index contributed by atoms with van der Waals surface area (Å²) in [6.07, 6.45) is 2.58. The maximum absolute atomic E-state index is 4.36. The predicted octanol–water partition coefficient (Wildman–Crippen LogP) is 0.293. The largest absolute Gasteiger partial charge is 0.355 e. The van der Waals surface area contributed by atoms with Crippen LogP contribution in [0.1, 0.15) is 12.8 Å². The highest BCUT2D eigenvalue weighted by Crippen LogP contribution is 2.16. The van der Waals surface area contributed by atoms with Crippen LogP contribution in [-0.2, 0) is 0 Å². The Labute approximate surface area is 127 Å². The SMILES string of the molecule is CN=C(NCC1CN(C)CCN1C)NC1CCCSC1. The van der Waals surface area contributed by atoms with Gasteiger partial charge in [-0.1, -0.05) is 0 Å². The molecule has 0 aromatic carbocycles. The van der Waals surface area contributed by atoms with Gasteiger partial charge in [-0.05, 0) is 32.7 Å². The molecule has 2 saturated heterocycles. The average Bonchev–Trinajstić information content (AvgIpc) is 2.47. The van der Waals surface area contributed by atoms with Crippen molar-refractivity contribution < 1.29 is 0 Å². The van der Waals surface area contributed by atoms with Crippen molar-refractivity contribution in [3.05, 3.63) is 0 Å². The van der Waals surface area contributed by atoms with E-state index >= 15 is 0 Å². The molecule has 2 rings (SSSR count). The summed E-state index contributed by atoms with van der Waals surface area (Å²) >= 11 is 2.04. The minimum Gasteiger partial charge on any atom is -0.355 e. The summed E-state index contributed by atoms with van der Waals surface area (Å²) in [5.74, 6) is 3.47. The fraction of sp³-hybridized carbons (Fsp3) is 0.929. The molecule has 20 heavy (non-hydrogen) atoms. The zero-order valence-electron chi connectivity index (χ0n) is 13.1. The van der Waals surface area contributed by atoms with Crippen LogP contribution in [0.15, 0.2) is 4.99 Å². The highest BCUT2D eigenvalue weighted by atomic mass is 32.2. The van der Waals surface area contributed by atoms with Crippen LogP contribution in [0.2, 0.25) is 0 Å². The molecule has 0 spiro atoms. The van der Waals surface area contributed by atoms with Crippen molar-refractivity contribution in [2.45, 2.75) is 24.9 Å². The first-order valence-corrected chi connectivity index (χ1v) is 8.78. The first-order valence-electron chi connectivity index (χ1n) is 7.62. The Hall–Kier alpha value is -0.460. The summed E-state index contributed by atoms with van der Waals surface area (Å²) < 4.78 is 0. The quantitative estimate of drug-likeness (QED) is 0.579. The lowest BCUT2D eigenvalue weighted by Gasteiger charge is -2.38. The van der Waals surface area contributed by atoms with E-state index in [1.807, 2.05) is 18.8 Å². The summed E-state index contributed by atoms with van der Waals surface area (Å²) in [7, 11) is 6.28. The number of hydrogen-bond donors (Lipinski definition) is 2. The molecule has 0 amide bonds. The normalized spacial score (nSPS) is 30.2. The van der Waals surface area contributed by atoms with Crippen molar-refractivity contribution in [1.82, 2.24) is 20.4 Å². The monoisotopic (exact) mass is 299 g/mol. The van der Waals surface area contributed by atoms with Crippen LogP contribution < -0.4 is 10.6 Å². The van der Waals surface area contributed by atoms with E-state index in [0.29, 0.717) is 12.1 Å². The second-order valence-corrected chi connectivity index (χ2v) is 7.06. The van der Waals surface area contributed by atoms with E-state index < -0.39 is 0 Å². The van der Waals surface area contributed by atoms with Crippen LogP contribution in [0.4, 0.5) is 0 Å². The number of thioether (sulfide) groups is 1. The van der Waals surface area contributed by atoms with Gasteiger partial charge in [0.25, 0.3) is 0 Å². The van der Waals surface area contributed by atoms with Crippen molar-refractivity contribution >= 4 is 17.7 Å². The van der Waals surface area contributed by atoms with Crippen molar-refractivity contribution in [2.75, 3.05) is 58.8 Å². The molecule has 0 aromatic heterocycles. The average molecular weight is 299 g/mol. The van der Waals surface area contributed by atoms with E-state index in [2.05, 4.69) is 39.5 Å². The zero-order valence-corrected chi connectivity index (χ0v) is 13.9. The van der Waals surface area contributed by atoms with Crippen LogP contribution in [-0.4, -0.2) is 86.7 Å². The van der Waals surface area contributed by atoms with Gasteiger partial charge in [-0.25, -0.2) is 0 Å². The molecule has 2 N–H and O–H groups in total. The Morgan fingerprint density at radius 1 is 1.35 bits per heavy atom. The van der Waals surface area contributed by atoms with Crippen molar-refractivity contribution in [3.63, 3.8) is 0 Å². The van der Waals surface area contributed by atoms with Gasteiger partial charge in [-0.2, -0.15) is 11.8 Å². The van der Waals surface area contributed by atoms with E-state index in [-0.39, 0.29) is 0 Å². The Kier molecular flexibility index (Phi) is 6.45. The molecule has 2 aliphatic rings. The number of guanidine groups is 1. The minimum atomic E-state index is 0.563. The fourth-order valence-corrected chi connectivity index (χ4v) is 3.85. The third-order valence-electron chi connectivity index (χ3n) is 4.21. The summed E-state index contributed by atoms with van der Waals surface area (Å²) in [5.41, 5.74) is 0. The number of aliphatic imine (C=N–C) groups is 1. The molecule has 6 heteroatoms. The molecule has 2 heterocycles. The van der Waals surface area contributed by atoms with Gasteiger partial charge >= 0.3 is 0 Å². The molecule has 0 bridgehead atoms. The summed E-state index contributed by atoms with van der Waals surface area (Å²) in [6.45, 7) is 4.40. The lowest BCUT2D eigenvalue weighted by molar-refractivity contribution is 0.116.